The van der Waals surface area contributed by atoms with E-state index in [-0.39, 0.29) is 18.4 Å². The molecule has 112 valence electrons. The number of hydrogen-bond donors (Lipinski definition) is 2. The van der Waals surface area contributed by atoms with Crippen LogP contribution in [0.3, 0.4) is 0 Å². The van der Waals surface area contributed by atoms with Gasteiger partial charge in [0.25, 0.3) is 5.91 Å². The van der Waals surface area contributed by atoms with E-state index in [0.717, 1.165) is 12.1 Å². The molecule has 6 nitrogen and oxygen atoms in total. The van der Waals surface area contributed by atoms with Gasteiger partial charge in [0.05, 0.1) is 11.8 Å². The number of aliphatic hydroxyl groups excluding tert-OH is 1. The smallest absolute Gasteiger partial charge is 0.270 e. The number of pyridine rings is 1. The third-order valence-electron chi connectivity index (χ3n) is 3.52. The average Bonchev–Trinajstić information content (AvgIpc) is 3.06. The molecule has 1 amide bonds. The Balaban J connectivity index is 2.01. The standard InChI is InChI=1S/C15H20N4O2/c1-3-11(2)14(20)10-17-15(21)13-9-12(5-7-16-13)19-8-4-6-18-19/h4-9,11,14,20H,3,10H2,1-2H3,(H,17,21)/t11-,14-/m0/s1. The zero-order chi connectivity index (χ0) is 15.2. The largest absolute Gasteiger partial charge is 0.391 e. The van der Waals surface area contributed by atoms with Crippen molar-refractivity contribution in [2.45, 2.75) is 26.4 Å². The van der Waals surface area contributed by atoms with Gasteiger partial charge in [0.1, 0.15) is 5.69 Å². The minimum absolute atomic E-state index is 0.147. The van der Waals surface area contributed by atoms with E-state index in [9.17, 15) is 9.90 Å². The molecule has 0 saturated carbocycles. The summed E-state index contributed by atoms with van der Waals surface area (Å²) in [7, 11) is 0. The van der Waals surface area contributed by atoms with Gasteiger partial charge < -0.3 is 10.4 Å². The quantitative estimate of drug-likeness (QED) is 0.842. The minimum atomic E-state index is -0.548. The first-order valence-corrected chi connectivity index (χ1v) is 7.04. The molecule has 2 atom stereocenters. The van der Waals surface area contributed by atoms with Gasteiger partial charge in [0.2, 0.25) is 0 Å². The van der Waals surface area contributed by atoms with E-state index >= 15 is 0 Å². The Morgan fingerprint density at radius 1 is 1.48 bits per heavy atom. The molecule has 2 rings (SSSR count). The van der Waals surface area contributed by atoms with Crippen LogP contribution >= 0.6 is 0 Å². The Bertz CT molecular complexity index is 583. The lowest BCUT2D eigenvalue weighted by Gasteiger charge is -2.17. The molecule has 0 aliphatic heterocycles. The summed E-state index contributed by atoms with van der Waals surface area (Å²) >= 11 is 0. The number of carbonyl (C=O) groups is 1. The zero-order valence-corrected chi connectivity index (χ0v) is 12.2. The molecule has 0 bridgehead atoms. The van der Waals surface area contributed by atoms with E-state index in [4.69, 9.17) is 0 Å². The lowest BCUT2D eigenvalue weighted by Crippen LogP contribution is -2.35. The van der Waals surface area contributed by atoms with Crippen molar-refractivity contribution in [3.63, 3.8) is 0 Å². The third kappa shape index (κ3) is 3.88. The van der Waals surface area contributed by atoms with E-state index in [2.05, 4.69) is 15.4 Å². The molecule has 0 spiro atoms. The van der Waals surface area contributed by atoms with Crippen LogP contribution in [0, 0.1) is 5.92 Å². The van der Waals surface area contributed by atoms with Crippen LogP contribution < -0.4 is 5.32 Å². The zero-order valence-electron chi connectivity index (χ0n) is 12.2. The second-order valence-corrected chi connectivity index (χ2v) is 5.01. The molecule has 0 saturated heterocycles. The Hall–Kier alpha value is -2.21. The summed E-state index contributed by atoms with van der Waals surface area (Å²) in [6.07, 6.45) is 5.35. The van der Waals surface area contributed by atoms with Gasteiger partial charge in [0.15, 0.2) is 0 Å². The van der Waals surface area contributed by atoms with E-state index in [0.29, 0.717) is 5.69 Å². The molecule has 0 aliphatic carbocycles. The summed E-state index contributed by atoms with van der Waals surface area (Å²) in [5.41, 5.74) is 1.07. The molecule has 2 aromatic heterocycles. The van der Waals surface area contributed by atoms with Crippen LogP contribution in [0.1, 0.15) is 30.8 Å². The molecule has 0 fully saturated rings. The van der Waals surface area contributed by atoms with Gasteiger partial charge in [-0.25, -0.2) is 4.68 Å². The summed E-state index contributed by atoms with van der Waals surface area (Å²) in [5.74, 6) is -0.153. The number of rotatable bonds is 6. The first-order chi connectivity index (χ1) is 10.1. The molecule has 0 unspecified atom stereocenters. The number of nitrogens with one attached hydrogen (secondary N) is 1. The summed E-state index contributed by atoms with van der Waals surface area (Å²) in [6, 6.07) is 5.25. The number of aromatic nitrogens is 3. The molecule has 2 heterocycles. The second kappa shape index (κ2) is 6.99. The van der Waals surface area contributed by atoms with Crippen LogP contribution in [-0.2, 0) is 0 Å². The number of carbonyl (C=O) groups excluding carboxylic acids is 1. The lowest BCUT2D eigenvalue weighted by atomic mass is 10.0. The fourth-order valence-corrected chi connectivity index (χ4v) is 1.87. The molecular weight excluding hydrogens is 268 g/mol. The highest BCUT2D eigenvalue weighted by atomic mass is 16.3. The van der Waals surface area contributed by atoms with E-state index in [1.807, 2.05) is 19.9 Å². The van der Waals surface area contributed by atoms with Gasteiger partial charge in [-0.2, -0.15) is 5.10 Å². The van der Waals surface area contributed by atoms with E-state index in [1.165, 1.54) is 0 Å². The Morgan fingerprint density at radius 2 is 2.29 bits per heavy atom. The van der Waals surface area contributed by atoms with Crippen molar-refractivity contribution >= 4 is 5.91 Å². The maximum absolute atomic E-state index is 12.1. The van der Waals surface area contributed by atoms with Crippen LogP contribution in [-0.4, -0.2) is 38.4 Å². The van der Waals surface area contributed by atoms with Gasteiger partial charge in [-0.1, -0.05) is 20.3 Å². The van der Waals surface area contributed by atoms with Gasteiger partial charge in [-0.3, -0.25) is 9.78 Å². The van der Waals surface area contributed by atoms with Crippen LogP contribution in [0.15, 0.2) is 36.8 Å². The highest BCUT2D eigenvalue weighted by Gasteiger charge is 2.15. The molecule has 0 aromatic carbocycles. The Labute approximate surface area is 123 Å². The third-order valence-corrected chi connectivity index (χ3v) is 3.52. The molecule has 0 aliphatic rings. The van der Waals surface area contributed by atoms with Gasteiger partial charge >= 0.3 is 0 Å². The van der Waals surface area contributed by atoms with Gasteiger partial charge in [-0.15, -0.1) is 0 Å². The Kier molecular flexibility index (Phi) is 5.05. The maximum atomic E-state index is 12.1. The molecule has 2 N–H and O–H groups in total. The van der Waals surface area contributed by atoms with Crippen LogP contribution in [0.2, 0.25) is 0 Å². The van der Waals surface area contributed by atoms with Gasteiger partial charge in [0, 0.05) is 25.1 Å². The second-order valence-electron chi connectivity index (χ2n) is 5.01. The fraction of sp³-hybridized carbons (Fsp3) is 0.400. The SMILES string of the molecule is CC[C@H](C)[C@@H](O)CNC(=O)c1cc(-n2cccn2)ccn1. The van der Waals surface area contributed by atoms with Crippen LogP contribution in [0.5, 0.6) is 0 Å². The topological polar surface area (TPSA) is 80.0 Å². The number of aliphatic hydroxyl groups is 1. The highest BCUT2D eigenvalue weighted by molar-refractivity contribution is 5.92. The summed E-state index contributed by atoms with van der Waals surface area (Å²) in [5, 5.41) is 16.7. The van der Waals surface area contributed by atoms with Crippen molar-refractivity contribution in [3.8, 4) is 5.69 Å². The normalized spacial score (nSPS) is 13.7. The highest BCUT2D eigenvalue weighted by Crippen LogP contribution is 2.08. The van der Waals surface area contributed by atoms with Crippen molar-refractivity contribution in [1.82, 2.24) is 20.1 Å². The molecular formula is C15H20N4O2. The van der Waals surface area contributed by atoms with Crippen molar-refractivity contribution in [1.29, 1.82) is 0 Å². The molecule has 0 radical (unpaired) electrons. The number of amides is 1. The number of nitrogens with zero attached hydrogens (tertiary/aromatic N) is 3. The summed E-state index contributed by atoms with van der Waals surface area (Å²) in [4.78, 5) is 16.1. The van der Waals surface area contributed by atoms with Crippen LogP contribution in [0.4, 0.5) is 0 Å². The van der Waals surface area contributed by atoms with E-state index < -0.39 is 6.10 Å². The van der Waals surface area contributed by atoms with Crippen molar-refractivity contribution in [2.24, 2.45) is 5.92 Å². The summed E-state index contributed by atoms with van der Waals surface area (Å²) in [6.45, 7) is 4.18. The van der Waals surface area contributed by atoms with Crippen molar-refractivity contribution < 1.29 is 9.90 Å². The van der Waals surface area contributed by atoms with Gasteiger partial charge in [-0.05, 0) is 24.1 Å². The lowest BCUT2D eigenvalue weighted by molar-refractivity contribution is 0.0846. The predicted molar refractivity (Wildman–Crippen MR) is 79.2 cm³/mol. The molecule has 21 heavy (non-hydrogen) atoms. The summed E-state index contributed by atoms with van der Waals surface area (Å²) < 4.78 is 1.66. The number of hydrogen-bond acceptors (Lipinski definition) is 4. The van der Waals surface area contributed by atoms with E-state index in [1.54, 1.807) is 35.4 Å². The van der Waals surface area contributed by atoms with Crippen molar-refractivity contribution in [3.05, 3.63) is 42.5 Å². The first kappa shape index (κ1) is 15.2. The fourth-order valence-electron chi connectivity index (χ4n) is 1.87. The average molecular weight is 288 g/mol. The first-order valence-electron chi connectivity index (χ1n) is 7.04. The predicted octanol–water partition coefficient (Wildman–Crippen LogP) is 1.40. The maximum Gasteiger partial charge on any atom is 0.270 e. The molecule has 2 aromatic rings. The monoisotopic (exact) mass is 288 g/mol. The van der Waals surface area contributed by atoms with Crippen molar-refractivity contribution in [2.75, 3.05) is 6.54 Å². The molecule has 6 heteroatoms. The van der Waals surface area contributed by atoms with Crippen LogP contribution in [0.25, 0.3) is 5.69 Å². The minimum Gasteiger partial charge on any atom is -0.391 e. The Morgan fingerprint density at radius 3 is 2.95 bits per heavy atom.